The first-order valence-corrected chi connectivity index (χ1v) is 14.0. The van der Waals surface area contributed by atoms with E-state index in [4.69, 9.17) is 16.3 Å². The molecule has 2 amide bonds. The molecule has 0 atom stereocenters. The number of ether oxygens (including phenoxy) is 1. The number of urea groups is 1. The van der Waals surface area contributed by atoms with Crippen molar-refractivity contribution in [2.75, 3.05) is 51.3 Å². The Morgan fingerprint density at radius 1 is 0.974 bits per heavy atom. The van der Waals surface area contributed by atoms with Crippen LogP contribution in [-0.2, 0) is 4.74 Å². The minimum Gasteiger partial charge on any atom is -0.379 e. The predicted molar refractivity (Wildman–Crippen MR) is 160 cm³/mol. The van der Waals surface area contributed by atoms with E-state index in [0.29, 0.717) is 18.1 Å². The van der Waals surface area contributed by atoms with Gasteiger partial charge in [-0.1, -0.05) is 72.3 Å². The first-order valence-electron chi connectivity index (χ1n) is 13.6. The third-order valence-electron chi connectivity index (χ3n) is 7.38. The highest BCUT2D eigenvalue weighted by Gasteiger charge is 2.21. The Morgan fingerprint density at radius 3 is 2.31 bits per heavy atom. The molecule has 2 aliphatic rings. The summed E-state index contributed by atoms with van der Waals surface area (Å²) >= 11 is 6.48. The molecule has 1 fully saturated rings. The van der Waals surface area contributed by atoms with Gasteiger partial charge in [0.2, 0.25) is 0 Å². The predicted octanol–water partition coefficient (Wildman–Crippen LogP) is 6.54. The van der Waals surface area contributed by atoms with Crippen LogP contribution in [0.25, 0.3) is 5.57 Å². The van der Waals surface area contributed by atoms with Crippen molar-refractivity contribution in [1.29, 1.82) is 0 Å². The third kappa shape index (κ3) is 7.35. The van der Waals surface area contributed by atoms with Gasteiger partial charge in [-0.2, -0.15) is 0 Å². The van der Waals surface area contributed by atoms with Crippen LogP contribution in [0.5, 0.6) is 0 Å². The van der Waals surface area contributed by atoms with E-state index in [9.17, 15) is 4.79 Å². The van der Waals surface area contributed by atoms with Crippen molar-refractivity contribution in [2.45, 2.75) is 18.8 Å². The van der Waals surface area contributed by atoms with Crippen LogP contribution in [0.2, 0.25) is 5.02 Å². The standard InChI is InChI=1S/C32H35ClN4O2/c33-31-12-11-28(23-30(31)27-13-15-34-24-27)35-32(38)37(18-17-36-19-21-39-22-20-36)16-14-29(25-7-3-1-4-8-25)26-9-5-2-6-10-26/h1-12,15,23-24,29H,13-14,16-22H2,(H,35,38). The Bertz CT molecular complexity index is 1250. The highest BCUT2D eigenvalue weighted by atomic mass is 35.5. The molecular formula is C32H35ClN4O2. The van der Waals surface area contributed by atoms with Crippen LogP contribution >= 0.6 is 11.6 Å². The van der Waals surface area contributed by atoms with Gasteiger partial charge in [-0.05, 0) is 41.3 Å². The van der Waals surface area contributed by atoms with E-state index in [1.165, 1.54) is 11.1 Å². The average molecular weight is 543 g/mol. The number of benzene rings is 3. The molecule has 2 aliphatic heterocycles. The molecule has 0 radical (unpaired) electrons. The third-order valence-corrected chi connectivity index (χ3v) is 7.71. The van der Waals surface area contributed by atoms with Crippen molar-refractivity contribution < 1.29 is 9.53 Å². The van der Waals surface area contributed by atoms with E-state index in [0.717, 1.165) is 62.5 Å². The largest absolute Gasteiger partial charge is 0.379 e. The Balaban J connectivity index is 1.33. The number of nitrogens with one attached hydrogen (secondary N) is 1. The minimum atomic E-state index is -0.104. The molecule has 3 aromatic rings. The molecule has 39 heavy (non-hydrogen) atoms. The van der Waals surface area contributed by atoms with Crippen molar-refractivity contribution in [3.63, 3.8) is 0 Å². The fourth-order valence-electron chi connectivity index (χ4n) is 5.16. The first kappa shape index (κ1) is 27.1. The van der Waals surface area contributed by atoms with E-state index in [1.807, 2.05) is 47.6 Å². The van der Waals surface area contributed by atoms with Crippen molar-refractivity contribution in [3.05, 3.63) is 107 Å². The van der Waals surface area contributed by atoms with Crippen molar-refractivity contribution in [2.24, 2.45) is 4.99 Å². The fraction of sp³-hybridized carbons (Fsp3) is 0.312. The number of morpholine rings is 1. The Morgan fingerprint density at radius 2 is 1.67 bits per heavy atom. The molecule has 5 rings (SSSR count). The summed E-state index contributed by atoms with van der Waals surface area (Å²) in [5.74, 6) is 0.197. The van der Waals surface area contributed by atoms with Gasteiger partial charge in [-0.15, -0.1) is 0 Å². The molecule has 3 aromatic carbocycles. The zero-order valence-electron chi connectivity index (χ0n) is 22.1. The van der Waals surface area contributed by atoms with Crippen LogP contribution in [-0.4, -0.2) is 68.0 Å². The number of carbonyl (C=O) groups is 1. The molecule has 2 heterocycles. The summed E-state index contributed by atoms with van der Waals surface area (Å²) in [6, 6.07) is 26.6. The van der Waals surface area contributed by atoms with E-state index >= 15 is 0 Å². The van der Waals surface area contributed by atoms with Gasteiger partial charge in [0.05, 0.1) is 13.2 Å². The number of nitrogens with zero attached hydrogens (tertiary/aromatic N) is 3. The molecule has 1 saturated heterocycles. The molecular weight excluding hydrogens is 508 g/mol. The number of halogens is 1. The van der Waals surface area contributed by atoms with Crippen molar-refractivity contribution in [1.82, 2.24) is 9.80 Å². The highest BCUT2D eigenvalue weighted by molar-refractivity contribution is 6.32. The topological polar surface area (TPSA) is 57.2 Å². The normalized spacial score (nSPS) is 15.4. The number of amides is 2. The smallest absolute Gasteiger partial charge is 0.321 e. The summed E-state index contributed by atoms with van der Waals surface area (Å²) < 4.78 is 5.51. The maximum absolute atomic E-state index is 13.7. The van der Waals surface area contributed by atoms with Crippen molar-refractivity contribution >= 4 is 35.1 Å². The highest BCUT2D eigenvalue weighted by Crippen LogP contribution is 2.31. The number of allylic oxidation sites excluding steroid dienone is 1. The maximum Gasteiger partial charge on any atom is 0.321 e. The summed E-state index contributed by atoms with van der Waals surface area (Å²) in [4.78, 5) is 22.2. The summed E-state index contributed by atoms with van der Waals surface area (Å²) in [6.45, 7) is 5.35. The Kier molecular flexibility index (Phi) is 9.43. The van der Waals surface area contributed by atoms with Gasteiger partial charge in [0, 0.05) is 73.8 Å². The van der Waals surface area contributed by atoms with Crippen LogP contribution in [0.3, 0.4) is 0 Å². The summed E-state index contributed by atoms with van der Waals surface area (Å²) in [5, 5.41) is 3.80. The molecule has 0 aliphatic carbocycles. The minimum absolute atomic E-state index is 0.104. The van der Waals surface area contributed by atoms with Gasteiger partial charge < -0.3 is 15.0 Å². The maximum atomic E-state index is 13.7. The van der Waals surface area contributed by atoms with Crippen LogP contribution < -0.4 is 5.32 Å². The summed E-state index contributed by atoms with van der Waals surface area (Å²) in [7, 11) is 0. The van der Waals surface area contributed by atoms with E-state index in [1.54, 1.807) is 0 Å². The SMILES string of the molecule is O=C(Nc1ccc(Cl)c(C2=CN=CC2)c1)N(CCC(c1ccccc1)c1ccccc1)CCN1CCOCC1. The van der Waals surface area contributed by atoms with Crippen LogP contribution in [0.15, 0.2) is 90.1 Å². The second kappa shape index (κ2) is 13.6. The van der Waals surface area contributed by atoms with Gasteiger partial charge in [0.1, 0.15) is 0 Å². The van der Waals surface area contributed by atoms with Crippen molar-refractivity contribution in [3.8, 4) is 0 Å². The average Bonchev–Trinajstić information content (AvgIpc) is 3.52. The molecule has 1 N–H and O–H groups in total. The Labute approximate surface area is 235 Å². The second-order valence-electron chi connectivity index (χ2n) is 9.92. The lowest BCUT2D eigenvalue weighted by molar-refractivity contribution is 0.0351. The lowest BCUT2D eigenvalue weighted by atomic mass is 9.88. The molecule has 202 valence electrons. The number of anilines is 1. The van der Waals surface area contributed by atoms with Crippen LogP contribution in [0.4, 0.5) is 10.5 Å². The zero-order chi connectivity index (χ0) is 26.9. The lowest BCUT2D eigenvalue weighted by Crippen LogP contribution is -2.44. The van der Waals surface area contributed by atoms with Gasteiger partial charge in [0.15, 0.2) is 0 Å². The van der Waals surface area contributed by atoms with Gasteiger partial charge in [0.25, 0.3) is 0 Å². The molecule has 7 heteroatoms. The molecule has 0 saturated carbocycles. The fourth-order valence-corrected chi connectivity index (χ4v) is 5.40. The molecule has 0 unspecified atom stereocenters. The van der Waals surface area contributed by atoms with E-state index in [-0.39, 0.29) is 11.9 Å². The van der Waals surface area contributed by atoms with Gasteiger partial charge in [-0.3, -0.25) is 9.89 Å². The zero-order valence-corrected chi connectivity index (χ0v) is 22.9. The first-order chi connectivity index (χ1) is 19.2. The molecule has 0 spiro atoms. The van der Waals surface area contributed by atoms with E-state index in [2.05, 4.69) is 63.7 Å². The van der Waals surface area contributed by atoms with E-state index < -0.39 is 0 Å². The molecule has 0 bridgehead atoms. The van der Waals surface area contributed by atoms with Gasteiger partial charge >= 0.3 is 6.03 Å². The van der Waals surface area contributed by atoms with Gasteiger partial charge in [-0.25, -0.2) is 4.79 Å². The second-order valence-corrected chi connectivity index (χ2v) is 10.3. The quantitative estimate of drug-likeness (QED) is 0.316. The Hall–Kier alpha value is -3.45. The number of aliphatic imine (C=N–C) groups is 1. The monoisotopic (exact) mass is 542 g/mol. The van der Waals surface area contributed by atoms with Crippen LogP contribution in [0.1, 0.15) is 35.4 Å². The number of hydrogen-bond donors (Lipinski definition) is 1. The number of rotatable bonds is 10. The molecule has 6 nitrogen and oxygen atoms in total. The number of hydrogen-bond acceptors (Lipinski definition) is 4. The lowest BCUT2D eigenvalue weighted by Gasteiger charge is -2.31. The van der Waals surface area contributed by atoms with Crippen LogP contribution in [0, 0.1) is 0 Å². The summed E-state index contributed by atoms with van der Waals surface area (Å²) in [6.07, 6.45) is 5.25. The summed E-state index contributed by atoms with van der Waals surface area (Å²) in [5.41, 5.74) is 5.19. The molecule has 0 aromatic heterocycles. The number of carbonyl (C=O) groups excluding carboxylic acids is 1.